The molecule has 0 saturated carbocycles. The van der Waals surface area contributed by atoms with Gasteiger partial charge in [-0.25, -0.2) is 4.79 Å². The summed E-state index contributed by atoms with van der Waals surface area (Å²) in [6.45, 7) is 5.04. The molecule has 2 aliphatic rings. The number of carbonyl (C=O) groups excluding carboxylic acids is 1. The smallest absolute Gasteiger partial charge is 0.339 e. The summed E-state index contributed by atoms with van der Waals surface area (Å²) in [4.78, 5) is 26.6. The molecule has 0 fully saturated rings. The summed E-state index contributed by atoms with van der Waals surface area (Å²) in [7, 11) is 0. The van der Waals surface area contributed by atoms with Crippen molar-refractivity contribution in [3.05, 3.63) is 57.4 Å². The van der Waals surface area contributed by atoms with E-state index in [9.17, 15) is 9.59 Å². The summed E-state index contributed by atoms with van der Waals surface area (Å²) in [5.41, 5.74) is 3.10. The highest BCUT2D eigenvalue weighted by atomic mass is 16.7. The van der Waals surface area contributed by atoms with Crippen molar-refractivity contribution in [2.45, 2.75) is 33.2 Å². The third-order valence-electron chi connectivity index (χ3n) is 5.85. The lowest BCUT2D eigenvalue weighted by Crippen LogP contribution is -2.32. The first-order chi connectivity index (χ1) is 15.5. The monoisotopic (exact) mass is 437 g/mol. The molecule has 2 aromatic carbocycles. The number of esters is 1. The Labute approximate surface area is 184 Å². The third-order valence-corrected chi connectivity index (χ3v) is 5.85. The second-order valence-corrected chi connectivity index (χ2v) is 7.73. The highest BCUT2D eigenvalue weighted by molar-refractivity contribution is 5.86. The Morgan fingerprint density at radius 1 is 1.09 bits per heavy atom. The van der Waals surface area contributed by atoms with E-state index in [4.69, 9.17) is 23.4 Å². The van der Waals surface area contributed by atoms with Gasteiger partial charge in [-0.3, -0.25) is 4.79 Å². The van der Waals surface area contributed by atoms with Crippen LogP contribution >= 0.6 is 0 Å². The summed E-state index contributed by atoms with van der Waals surface area (Å²) < 4.78 is 27.6. The molecule has 1 aromatic heterocycles. The summed E-state index contributed by atoms with van der Waals surface area (Å²) in [5.74, 6) is 1.77. The van der Waals surface area contributed by atoms with Gasteiger partial charge < -0.3 is 28.3 Å². The molecular weight excluding hydrogens is 414 g/mol. The second-order valence-electron chi connectivity index (χ2n) is 7.73. The zero-order valence-electron chi connectivity index (χ0n) is 17.9. The number of fused-ring (bicyclic) bond motifs is 4. The van der Waals surface area contributed by atoms with Crippen molar-refractivity contribution in [3.63, 3.8) is 0 Å². The van der Waals surface area contributed by atoms with E-state index in [1.165, 1.54) is 0 Å². The number of carbonyl (C=O) groups is 1. The molecule has 0 atom stereocenters. The Balaban J connectivity index is 1.48. The Kier molecular flexibility index (Phi) is 5.13. The van der Waals surface area contributed by atoms with Gasteiger partial charge >= 0.3 is 11.6 Å². The Bertz CT molecular complexity index is 1260. The Morgan fingerprint density at radius 3 is 2.75 bits per heavy atom. The fraction of sp³-hybridized carbons (Fsp3) is 0.333. The average molecular weight is 437 g/mol. The lowest BCUT2D eigenvalue weighted by molar-refractivity contribution is -0.143. The number of benzene rings is 2. The van der Waals surface area contributed by atoms with E-state index in [1.54, 1.807) is 6.92 Å². The molecular formula is C24H23NO7. The minimum atomic E-state index is -0.437. The van der Waals surface area contributed by atoms with Crippen LogP contribution in [0.4, 0.5) is 5.69 Å². The van der Waals surface area contributed by atoms with Crippen LogP contribution < -0.4 is 24.7 Å². The molecule has 166 valence electrons. The highest BCUT2D eigenvalue weighted by Crippen LogP contribution is 2.39. The van der Waals surface area contributed by atoms with Gasteiger partial charge in [0.2, 0.25) is 6.79 Å². The van der Waals surface area contributed by atoms with Crippen molar-refractivity contribution in [1.29, 1.82) is 0 Å². The normalized spacial score (nSPS) is 14.2. The quantitative estimate of drug-likeness (QED) is 0.441. The maximum Gasteiger partial charge on any atom is 0.339 e. The van der Waals surface area contributed by atoms with Gasteiger partial charge in [0.25, 0.3) is 0 Å². The predicted molar refractivity (Wildman–Crippen MR) is 116 cm³/mol. The van der Waals surface area contributed by atoms with Crippen LogP contribution in [0.5, 0.6) is 17.2 Å². The van der Waals surface area contributed by atoms with Crippen LogP contribution in [0, 0.1) is 6.92 Å². The van der Waals surface area contributed by atoms with Crippen molar-refractivity contribution in [2.24, 2.45) is 0 Å². The van der Waals surface area contributed by atoms with Gasteiger partial charge in [0, 0.05) is 29.1 Å². The largest absolute Gasteiger partial charge is 0.473 e. The molecule has 3 heterocycles. The lowest BCUT2D eigenvalue weighted by Gasteiger charge is -2.31. The lowest BCUT2D eigenvalue weighted by atomic mass is 9.99. The maximum absolute atomic E-state index is 12.8. The van der Waals surface area contributed by atoms with E-state index < -0.39 is 5.63 Å². The standard InChI is InChI=1S/C24H23NO7/c1-3-28-22(26)9-6-17-14(2)16-5-8-19-18(23(16)32-24(17)27)11-25(12-29-19)15-4-7-20-21(10-15)31-13-30-20/h4-5,7-8,10H,3,6,9,11-13H2,1-2H3. The van der Waals surface area contributed by atoms with Gasteiger partial charge in [-0.2, -0.15) is 0 Å². The molecule has 0 bridgehead atoms. The van der Waals surface area contributed by atoms with Crippen LogP contribution in [0.2, 0.25) is 0 Å². The van der Waals surface area contributed by atoms with Crippen molar-refractivity contribution >= 4 is 22.6 Å². The van der Waals surface area contributed by atoms with E-state index >= 15 is 0 Å². The first-order valence-electron chi connectivity index (χ1n) is 10.6. The molecule has 8 heteroatoms. The van der Waals surface area contributed by atoms with Gasteiger partial charge in [0.05, 0.1) is 18.7 Å². The number of aryl methyl sites for hydroxylation is 1. The molecule has 0 radical (unpaired) electrons. The van der Waals surface area contributed by atoms with Gasteiger partial charge in [-0.05, 0) is 50.1 Å². The van der Waals surface area contributed by atoms with Gasteiger partial charge in [0.15, 0.2) is 18.2 Å². The molecule has 0 saturated heterocycles. The van der Waals surface area contributed by atoms with Crippen LogP contribution in [0.25, 0.3) is 11.0 Å². The van der Waals surface area contributed by atoms with Gasteiger partial charge in [-0.1, -0.05) is 0 Å². The van der Waals surface area contributed by atoms with Crippen LogP contribution in [0.15, 0.2) is 39.5 Å². The first kappa shape index (κ1) is 20.2. The molecule has 0 amide bonds. The predicted octanol–water partition coefficient (Wildman–Crippen LogP) is 3.68. The second kappa shape index (κ2) is 8.11. The number of hydrogen-bond donors (Lipinski definition) is 0. The third kappa shape index (κ3) is 3.51. The number of rotatable bonds is 5. The molecule has 0 N–H and O–H groups in total. The molecule has 32 heavy (non-hydrogen) atoms. The van der Waals surface area contributed by atoms with E-state index in [0.717, 1.165) is 28.0 Å². The van der Waals surface area contributed by atoms with E-state index in [2.05, 4.69) is 0 Å². The minimum absolute atomic E-state index is 0.136. The fourth-order valence-electron chi connectivity index (χ4n) is 4.16. The average Bonchev–Trinajstić information content (AvgIpc) is 3.26. The van der Waals surface area contributed by atoms with Crippen molar-refractivity contribution in [1.82, 2.24) is 0 Å². The molecule has 0 spiro atoms. The summed E-state index contributed by atoms with van der Waals surface area (Å²) in [5, 5.41) is 0.832. The van der Waals surface area contributed by atoms with Crippen molar-refractivity contribution < 1.29 is 28.2 Å². The molecule has 3 aromatic rings. The summed E-state index contributed by atoms with van der Waals surface area (Å²) in [6.07, 6.45) is 0.413. The summed E-state index contributed by atoms with van der Waals surface area (Å²) in [6, 6.07) is 9.53. The number of anilines is 1. The van der Waals surface area contributed by atoms with Crippen LogP contribution in [0.3, 0.4) is 0 Å². The van der Waals surface area contributed by atoms with Crippen molar-refractivity contribution in [2.75, 3.05) is 25.0 Å². The van der Waals surface area contributed by atoms with Crippen molar-refractivity contribution in [3.8, 4) is 17.2 Å². The summed E-state index contributed by atoms with van der Waals surface area (Å²) >= 11 is 0. The number of nitrogens with zero attached hydrogens (tertiary/aromatic N) is 1. The SMILES string of the molecule is CCOC(=O)CCc1c(C)c2ccc3c(c2oc1=O)CN(c1ccc2c(c1)OCO2)CO3. The zero-order chi connectivity index (χ0) is 22.2. The first-order valence-corrected chi connectivity index (χ1v) is 10.6. The minimum Gasteiger partial charge on any atom is -0.473 e. The topological polar surface area (TPSA) is 87.4 Å². The van der Waals surface area contributed by atoms with Crippen LogP contribution in [-0.2, 0) is 22.5 Å². The van der Waals surface area contributed by atoms with Crippen LogP contribution in [-0.4, -0.2) is 26.1 Å². The van der Waals surface area contributed by atoms with E-state index in [1.807, 2.05) is 42.2 Å². The molecule has 8 nitrogen and oxygen atoms in total. The molecule has 0 unspecified atom stereocenters. The Hall–Kier alpha value is -3.68. The van der Waals surface area contributed by atoms with E-state index in [-0.39, 0.29) is 25.6 Å². The van der Waals surface area contributed by atoms with E-state index in [0.29, 0.717) is 42.5 Å². The molecule has 2 aliphatic heterocycles. The highest BCUT2D eigenvalue weighted by Gasteiger charge is 2.25. The zero-order valence-corrected chi connectivity index (χ0v) is 17.9. The maximum atomic E-state index is 12.8. The van der Waals surface area contributed by atoms with Crippen LogP contribution in [0.1, 0.15) is 30.0 Å². The molecule has 5 rings (SSSR count). The number of hydrogen-bond acceptors (Lipinski definition) is 8. The number of ether oxygens (including phenoxy) is 4. The van der Waals surface area contributed by atoms with Gasteiger partial charge in [-0.15, -0.1) is 0 Å². The Morgan fingerprint density at radius 2 is 1.91 bits per heavy atom. The molecule has 0 aliphatic carbocycles. The van der Waals surface area contributed by atoms with Gasteiger partial charge in [0.1, 0.15) is 11.3 Å². The fourth-order valence-corrected chi connectivity index (χ4v) is 4.16.